The fourth-order valence-corrected chi connectivity index (χ4v) is 6.80. The van der Waals surface area contributed by atoms with Crippen LogP contribution in [0.2, 0.25) is 5.02 Å². The number of fused-ring (bicyclic) bond motifs is 1. The summed E-state index contributed by atoms with van der Waals surface area (Å²) in [7, 11) is 0. The molecule has 0 radical (unpaired) electrons. The van der Waals surface area contributed by atoms with E-state index in [1.165, 1.54) is 12.8 Å². The highest BCUT2D eigenvalue weighted by Gasteiger charge is 2.34. The minimum Gasteiger partial charge on any atom is -0.358 e. The quantitative estimate of drug-likeness (QED) is 0.292. The molecular weight excluding hydrogens is 562 g/mol. The molecule has 224 valence electrons. The Balaban J connectivity index is 1.23. The van der Waals surface area contributed by atoms with E-state index in [-0.39, 0.29) is 29.8 Å². The van der Waals surface area contributed by atoms with E-state index in [1.54, 1.807) is 36.4 Å². The van der Waals surface area contributed by atoms with Gasteiger partial charge in [-0.2, -0.15) is 0 Å². The average Bonchev–Trinajstić information content (AvgIpc) is 3.78. The van der Waals surface area contributed by atoms with Gasteiger partial charge in [-0.1, -0.05) is 23.7 Å². The van der Waals surface area contributed by atoms with Crippen molar-refractivity contribution in [3.8, 4) is 0 Å². The summed E-state index contributed by atoms with van der Waals surface area (Å²) in [6.07, 6.45) is 6.33. The first-order chi connectivity index (χ1) is 20.7. The SMILES string of the molecule is Cc1[nH]c(/C=C2\C(=O)Nc3ccc(C(=O)N[C@H](C)c4ccc(Cl)cc4)cc32)c(C)c1C(=O)N1CCC[C@@H]1CN1CCCC1. The summed E-state index contributed by atoms with van der Waals surface area (Å²) >= 11 is 6.01. The molecule has 2 atom stereocenters. The Hall–Kier alpha value is -3.88. The summed E-state index contributed by atoms with van der Waals surface area (Å²) in [4.78, 5) is 48.0. The normalized spacial score (nSPS) is 20.0. The van der Waals surface area contributed by atoms with Crippen LogP contribution in [0.4, 0.5) is 5.69 Å². The van der Waals surface area contributed by atoms with Crippen molar-refractivity contribution in [2.75, 3.05) is 31.5 Å². The Morgan fingerprint density at radius 2 is 1.81 bits per heavy atom. The molecule has 3 aromatic rings. The summed E-state index contributed by atoms with van der Waals surface area (Å²) in [6, 6.07) is 12.6. The van der Waals surface area contributed by atoms with Crippen molar-refractivity contribution < 1.29 is 14.4 Å². The molecule has 2 aromatic carbocycles. The number of amides is 3. The number of carbonyl (C=O) groups excluding carboxylic acids is 3. The lowest BCUT2D eigenvalue weighted by Gasteiger charge is -2.28. The first-order valence-corrected chi connectivity index (χ1v) is 15.5. The maximum absolute atomic E-state index is 13.8. The molecule has 0 unspecified atom stereocenters. The number of carbonyl (C=O) groups is 3. The highest BCUT2D eigenvalue weighted by atomic mass is 35.5. The van der Waals surface area contributed by atoms with Gasteiger partial charge in [0.2, 0.25) is 0 Å². The highest BCUT2D eigenvalue weighted by Crippen LogP contribution is 2.35. The third-order valence-electron chi connectivity index (χ3n) is 9.07. The summed E-state index contributed by atoms with van der Waals surface area (Å²) in [5.41, 5.74) is 6.18. The van der Waals surface area contributed by atoms with Gasteiger partial charge in [-0.05, 0) is 107 Å². The van der Waals surface area contributed by atoms with E-state index in [1.807, 2.05) is 37.8 Å². The summed E-state index contributed by atoms with van der Waals surface area (Å²) in [5, 5.41) is 6.57. The van der Waals surface area contributed by atoms with Crippen molar-refractivity contribution in [2.45, 2.75) is 58.5 Å². The van der Waals surface area contributed by atoms with Crippen molar-refractivity contribution in [2.24, 2.45) is 0 Å². The number of benzene rings is 2. The third-order valence-corrected chi connectivity index (χ3v) is 9.32. The maximum atomic E-state index is 13.8. The number of nitrogens with one attached hydrogen (secondary N) is 3. The zero-order chi connectivity index (χ0) is 30.2. The number of likely N-dealkylation sites (tertiary alicyclic amines) is 2. The fourth-order valence-electron chi connectivity index (χ4n) is 6.67. The van der Waals surface area contributed by atoms with E-state index in [9.17, 15) is 14.4 Å². The molecule has 0 saturated carbocycles. The van der Waals surface area contributed by atoms with Gasteiger partial charge in [-0.25, -0.2) is 0 Å². The first kappa shape index (κ1) is 29.2. The van der Waals surface area contributed by atoms with Crippen LogP contribution >= 0.6 is 11.6 Å². The van der Waals surface area contributed by atoms with E-state index in [4.69, 9.17) is 11.6 Å². The van der Waals surface area contributed by atoms with E-state index in [0.717, 1.165) is 61.5 Å². The number of anilines is 1. The van der Waals surface area contributed by atoms with Gasteiger partial charge in [0.15, 0.2) is 0 Å². The van der Waals surface area contributed by atoms with Crippen molar-refractivity contribution in [1.82, 2.24) is 20.1 Å². The Morgan fingerprint density at radius 3 is 2.56 bits per heavy atom. The lowest BCUT2D eigenvalue weighted by molar-refractivity contribution is -0.110. The molecule has 0 spiro atoms. The van der Waals surface area contributed by atoms with Gasteiger partial charge in [0, 0.05) is 52.4 Å². The Kier molecular flexibility index (Phi) is 8.16. The standard InChI is InChI=1S/C34H38ClN5O3/c1-20-30(36-22(3)31(20)34(43)40-16-6-7-26(40)19-39-14-4-5-15-39)18-28-27-17-24(10-13-29(27)38-33(28)42)32(41)37-21(2)23-8-11-25(35)12-9-23/h8-13,17-18,21,26,36H,4-7,14-16,19H2,1-3H3,(H,37,41)(H,38,42)/b28-18-/t21-,26-/m1/s1. The molecular formula is C34H38ClN5O3. The Labute approximate surface area is 257 Å². The van der Waals surface area contributed by atoms with Crippen LogP contribution in [0, 0.1) is 13.8 Å². The number of nitrogens with zero attached hydrogens (tertiary/aromatic N) is 2. The first-order valence-electron chi connectivity index (χ1n) is 15.2. The Bertz CT molecular complexity index is 1600. The van der Waals surface area contributed by atoms with Crippen molar-refractivity contribution >= 4 is 46.7 Å². The second-order valence-corrected chi connectivity index (χ2v) is 12.4. The van der Waals surface area contributed by atoms with Crippen molar-refractivity contribution in [1.29, 1.82) is 0 Å². The maximum Gasteiger partial charge on any atom is 0.256 e. The monoisotopic (exact) mass is 599 g/mol. The van der Waals surface area contributed by atoms with Crippen LogP contribution in [0.5, 0.6) is 0 Å². The van der Waals surface area contributed by atoms with Gasteiger partial charge < -0.3 is 25.4 Å². The summed E-state index contributed by atoms with van der Waals surface area (Å²) in [6.45, 7) is 9.72. The number of aryl methyl sites for hydroxylation is 1. The van der Waals surface area contributed by atoms with Crippen LogP contribution < -0.4 is 10.6 Å². The molecule has 8 nitrogen and oxygen atoms in total. The molecule has 0 aliphatic carbocycles. The number of halogens is 1. The van der Waals surface area contributed by atoms with Gasteiger partial charge in [0.05, 0.1) is 17.2 Å². The molecule has 1 aromatic heterocycles. The molecule has 0 bridgehead atoms. The molecule has 3 aliphatic rings. The number of hydrogen-bond donors (Lipinski definition) is 3. The van der Waals surface area contributed by atoms with Gasteiger partial charge in [0.25, 0.3) is 17.7 Å². The molecule has 3 amide bonds. The molecule has 6 rings (SSSR count). The van der Waals surface area contributed by atoms with E-state index < -0.39 is 0 Å². The smallest absolute Gasteiger partial charge is 0.256 e. The molecule has 2 fully saturated rings. The second-order valence-electron chi connectivity index (χ2n) is 12.0. The predicted octanol–water partition coefficient (Wildman–Crippen LogP) is 5.97. The molecule has 2 saturated heterocycles. The fraction of sp³-hybridized carbons (Fsp3) is 0.382. The molecule has 4 heterocycles. The van der Waals surface area contributed by atoms with Crippen molar-refractivity contribution in [3.05, 3.63) is 86.7 Å². The number of rotatable bonds is 7. The molecule has 43 heavy (non-hydrogen) atoms. The van der Waals surface area contributed by atoms with Gasteiger partial charge >= 0.3 is 0 Å². The molecule has 3 aliphatic heterocycles. The largest absolute Gasteiger partial charge is 0.358 e. The number of aromatic amines is 1. The van der Waals surface area contributed by atoms with Crippen LogP contribution in [-0.4, -0.2) is 64.7 Å². The second kappa shape index (κ2) is 12.0. The predicted molar refractivity (Wildman–Crippen MR) is 170 cm³/mol. The minimum absolute atomic E-state index is 0.0580. The number of aromatic nitrogens is 1. The minimum atomic E-state index is -0.244. The van der Waals surface area contributed by atoms with Gasteiger partial charge in [0.1, 0.15) is 0 Å². The molecule has 3 N–H and O–H groups in total. The van der Waals surface area contributed by atoms with Crippen LogP contribution in [0.25, 0.3) is 11.6 Å². The van der Waals surface area contributed by atoms with Crippen LogP contribution in [0.3, 0.4) is 0 Å². The van der Waals surface area contributed by atoms with E-state index in [2.05, 4.69) is 20.5 Å². The number of H-pyrrole nitrogens is 1. The van der Waals surface area contributed by atoms with Gasteiger partial charge in [-0.3, -0.25) is 14.4 Å². The van der Waals surface area contributed by atoms with Crippen LogP contribution in [-0.2, 0) is 4.79 Å². The Morgan fingerprint density at radius 1 is 1.07 bits per heavy atom. The highest BCUT2D eigenvalue weighted by molar-refractivity contribution is 6.35. The van der Waals surface area contributed by atoms with Crippen LogP contribution in [0.1, 0.15) is 87.4 Å². The number of hydrogen-bond acceptors (Lipinski definition) is 4. The topological polar surface area (TPSA) is 97.5 Å². The lowest BCUT2D eigenvalue weighted by atomic mass is 10.0. The summed E-state index contributed by atoms with van der Waals surface area (Å²) in [5.74, 6) is -0.424. The average molecular weight is 600 g/mol. The zero-order valence-electron chi connectivity index (χ0n) is 24.9. The van der Waals surface area contributed by atoms with Crippen LogP contribution in [0.15, 0.2) is 42.5 Å². The summed E-state index contributed by atoms with van der Waals surface area (Å²) < 4.78 is 0. The van der Waals surface area contributed by atoms with E-state index >= 15 is 0 Å². The zero-order valence-corrected chi connectivity index (χ0v) is 25.7. The molecule has 9 heteroatoms. The van der Waals surface area contributed by atoms with Gasteiger partial charge in [-0.15, -0.1) is 0 Å². The third kappa shape index (κ3) is 5.86. The lowest BCUT2D eigenvalue weighted by Crippen LogP contribution is -2.42. The van der Waals surface area contributed by atoms with E-state index in [0.29, 0.717) is 33.0 Å². The van der Waals surface area contributed by atoms with Crippen molar-refractivity contribution in [3.63, 3.8) is 0 Å².